The maximum absolute atomic E-state index is 13.3. The molecule has 0 heterocycles. The maximum Gasteiger partial charge on any atom is 0.123 e. The van der Waals surface area contributed by atoms with Gasteiger partial charge in [0.1, 0.15) is 5.82 Å². The van der Waals surface area contributed by atoms with Crippen LogP contribution in [0.1, 0.15) is 55.3 Å². The second kappa shape index (κ2) is 5.40. The molecule has 1 aromatic carbocycles. The summed E-state index contributed by atoms with van der Waals surface area (Å²) in [7, 11) is 0. The first-order chi connectivity index (χ1) is 8.49. The van der Waals surface area contributed by atoms with Gasteiger partial charge in [0.2, 0.25) is 0 Å². The van der Waals surface area contributed by atoms with Crippen molar-refractivity contribution in [3.8, 4) is 0 Å². The fraction of sp³-hybridized carbons (Fsp3) is 0.625. The summed E-state index contributed by atoms with van der Waals surface area (Å²) in [5.41, 5.74) is 9.60. The zero-order valence-electron chi connectivity index (χ0n) is 11.7. The van der Waals surface area contributed by atoms with Crippen LogP contribution in [0, 0.1) is 31.5 Å². The summed E-state index contributed by atoms with van der Waals surface area (Å²) in [4.78, 5) is 0. The first kappa shape index (κ1) is 13.5. The van der Waals surface area contributed by atoms with E-state index < -0.39 is 0 Å². The van der Waals surface area contributed by atoms with Crippen LogP contribution in [0.3, 0.4) is 0 Å². The minimum absolute atomic E-state index is 0.0677. The maximum atomic E-state index is 13.3. The largest absolute Gasteiger partial charge is 0.324 e. The first-order valence-electron chi connectivity index (χ1n) is 7.01. The third-order valence-corrected chi connectivity index (χ3v) is 4.46. The normalized spacial score (nSPS) is 26.1. The lowest BCUT2D eigenvalue weighted by molar-refractivity contribution is 0.255. The van der Waals surface area contributed by atoms with Gasteiger partial charge in [-0.2, -0.15) is 0 Å². The Kier molecular flexibility index (Phi) is 4.06. The number of benzene rings is 1. The summed E-state index contributed by atoms with van der Waals surface area (Å²) in [6.45, 7) is 6.25. The Bertz CT molecular complexity index is 396. The van der Waals surface area contributed by atoms with Crippen LogP contribution in [0.25, 0.3) is 0 Å². The highest BCUT2D eigenvalue weighted by Crippen LogP contribution is 2.37. The van der Waals surface area contributed by atoms with Gasteiger partial charge in [0, 0.05) is 6.04 Å². The summed E-state index contributed by atoms with van der Waals surface area (Å²) in [5, 5.41) is 0. The van der Waals surface area contributed by atoms with Gasteiger partial charge in [-0.3, -0.25) is 0 Å². The number of aryl methyl sites for hydroxylation is 2. The fourth-order valence-corrected chi connectivity index (χ4v) is 3.33. The molecule has 2 heteroatoms. The van der Waals surface area contributed by atoms with Crippen molar-refractivity contribution in [2.75, 3.05) is 0 Å². The zero-order chi connectivity index (χ0) is 13.3. The van der Waals surface area contributed by atoms with Crippen molar-refractivity contribution < 1.29 is 4.39 Å². The second-order valence-electron chi connectivity index (χ2n) is 6.00. The van der Waals surface area contributed by atoms with Crippen molar-refractivity contribution >= 4 is 0 Å². The van der Waals surface area contributed by atoms with Gasteiger partial charge in [0.15, 0.2) is 0 Å². The van der Waals surface area contributed by atoms with Gasteiger partial charge in [-0.1, -0.05) is 19.8 Å². The van der Waals surface area contributed by atoms with Gasteiger partial charge in [0.05, 0.1) is 0 Å². The highest BCUT2D eigenvalue weighted by Gasteiger charge is 2.26. The third-order valence-electron chi connectivity index (χ3n) is 4.46. The van der Waals surface area contributed by atoms with E-state index in [1.54, 1.807) is 12.1 Å². The summed E-state index contributed by atoms with van der Waals surface area (Å²) in [6, 6.07) is 3.28. The van der Waals surface area contributed by atoms with Crippen LogP contribution in [0.5, 0.6) is 0 Å². The van der Waals surface area contributed by atoms with E-state index in [9.17, 15) is 4.39 Å². The minimum atomic E-state index is -0.154. The molecule has 2 rings (SSSR count). The van der Waals surface area contributed by atoms with Crippen LogP contribution in [-0.2, 0) is 0 Å². The Morgan fingerprint density at radius 1 is 1.11 bits per heavy atom. The van der Waals surface area contributed by atoms with Crippen molar-refractivity contribution in [2.45, 2.75) is 52.5 Å². The molecule has 0 spiro atoms. The van der Waals surface area contributed by atoms with Crippen LogP contribution in [0.2, 0.25) is 0 Å². The van der Waals surface area contributed by atoms with Crippen LogP contribution in [-0.4, -0.2) is 0 Å². The Hall–Kier alpha value is -0.890. The molecular weight excluding hydrogens is 225 g/mol. The van der Waals surface area contributed by atoms with E-state index >= 15 is 0 Å². The molecule has 0 amide bonds. The van der Waals surface area contributed by atoms with Gasteiger partial charge >= 0.3 is 0 Å². The van der Waals surface area contributed by atoms with Crippen molar-refractivity contribution in [2.24, 2.45) is 17.6 Å². The highest BCUT2D eigenvalue weighted by atomic mass is 19.1. The predicted octanol–water partition coefficient (Wildman–Crippen LogP) is 4.27. The zero-order valence-corrected chi connectivity index (χ0v) is 11.7. The number of hydrogen-bond acceptors (Lipinski definition) is 1. The lowest BCUT2D eigenvalue weighted by Gasteiger charge is -2.32. The van der Waals surface area contributed by atoms with E-state index in [2.05, 4.69) is 6.92 Å². The summed E-state index contributed by atoms with van der Waals surface area (Å²) in [6.07, 6.45) is 4.96. The molecule has 1 nitrogen and oxygen atoms in total. The van der Waals surface area contributed by atoms with Crippen LogP contribution >= 0.6 is 0 Å². The topological polar surface area (TPSA) is 26.0 Å². The average Bonchev–Trinajstić information content (AvgIpc) is 2.28. The van der Waals surface area contributed by atoms with Gasteiger partial charge in [-0.15, -0.1) is 0 Å². The lowest BCUT2D eigenvalue weighted by Crippen LogP contribution is -2.26. The molecular formula is C16H24FN. The highest BCUT2D eigenvalue weighted by molar-refractivity contribution is 5.37. The molecule has 0 saturated heterocycles. The summed E-state index contributed by atoms with van der Waals surface area (Å²) in [5.74, 6) is 1.24. The molecule has 1 unspecified atom stereocenters. The number of rotatable bonds is 2. The summed E-state index contributed by atoms with van der Waals surface area (Å²) < 4.78 is 13.3. The molecule has 100 valence electrons. The van der Waals surface area contributed by atoms with Crippen molar-refractivity contribution in [3.63, 3.8) is 0 Å². The van der Waals surface area contributed by atoms with E-state index in [4.69, 9.17) is 5.73 Å². The number of nitrogens with two attached hydrogens (primary N) is 1. The summed E-state index contributed by atoms with van der Waals surface area (Å²) >= 11 is 0. The molecule has 0 aliphatic heterocycles. The smallest absolute Gasteiger partial charge is 0.123 e. The molecule has 0 aromatic heterocycles. The molecule has 1 fully saturated rings. The Morgan fingerprint density at radius 2 is 1.61 bits per heavy atom. The van der Waals surface area contributed by atoms with Gasteiger partial charge in [-0.05, 0) is 67.3 Å². The molecule has 1 atom stereocenters. The molecule has 1 aromatic rings. The lowest BCUT2D eigenvalue weighted by atomic mass is 9.76. The molecule has 0 radical (unpaired) electrons. The Morgan fingerprint density at radius 3 is 2.11 bits per heavy atom. The monoisotopic (exact) mass is 249 g/mol. The number of halogens is 1. The van der Waals surface area contributed by atoms with Crippen molar-refractivity contribution in [1.82, 2.24) is 0 Å². The Labute approximate surface area is 110 Å². The van der Waals surface area contributed by atoms with Crippen LogP contribution in [0.4, 0.5) is 4.39 Å². The van der Waals surface area contributed by atoms with E-state index in [-0.39, 0.29) is 11.9 Å². The van der Waals surface area contributed by atoms with Crippen molar-refractivity contribution in [3.05, 3.63) is 34.6 Å². The fourth-order valence-electron chi connectivity index (χ4n) is 3.33. The number of hydrogen-bond donors (Lipinski definition) is 1. The molecule has 1 saturated carbocycles. The van der Waals surface area contributed by atoms with Crippen molar-refractivity contribution in [1.29, 1.82) is 0 Å². The van der Waals surface area contributed by atoms with Crippen LogP contribution in [0.15, 0.2) is 12.1 Å². The Balaban J connectivity index is 2.21. The second-order valence-corrected chi connectivity index (χ2v) is 6.00. The van der Waals surface area contributed by atoms with Gasteiger partial charge in [0.25, 0.3) is 0 Å². The van der Waals surface area contributed by atoms with E-state index in [1.807, 2.05) is 13.8 Å². The third kappa shape index (κ3) is 2.74. The molecule has 1 aliphatic carbocycles. The quantitative estimate of drug-likeness (QED) is 0.832. The molecule has 1 aliphatic rings. The van der Waals surface area contributed by atoms with Crippen LogP contribution < -0.4 is 5.73 Å². The van der Waals surface area contributed by atoms with E-state index in [1.165, 1.54) is 25.7 Å². The van der Waals surface area contributed by atoms with E-state index in [0.29, 0.717) is 5.92 Å². The molecule has 18 heavy (non-hydrogen) atoms. The first-order valence-corrected chi connectivity index (χ1v) is 7.01. The van der Waals surface area contributed by atoms with E-state index in [0.717, 1.165) is 22.6 Å². The molecule has 0 bridgehead atoms. The van der Waals surface area contributed by atoms with Gasteiger partial charge < -0.3 is 5.73 Å². The average molecular weight is 249 g/mol. The molecule has 2 N–H and O–H groups in total. The SMILES string of the molecule is Cc1cc(F)cc(C)c1C(N)C1CCC(C)CC1. The van der Waals surface area contributed by atoms with Gasteiger partial charge in [-0.25, -0.2) is 4.39 Å². The minimum Gasteiger partial charge on any atom is -0.324 e. The predicted molar refractivity (Wildman–Crippen MR) is 73.9 cm³/mol. The standard InChI is InChI=1S/C16H24FN/c1-10-4-6-13(7-5-10)16(18)15-11(2)8-14(17)9-12(15)3/h8-10,13,16H,4-7,18H2,1-3H3.